The molecule has 1 amide bonds. The van der Waals surface area contributed by atoms with E-state index in [0.717, 1.165) is 17.0 Å². The second kappa shape index (κ2) is 7.12. The van der Waals surface area contributed by atoms with E-state index >= 15 is 0 Å². The molecular formula is C26H29N3O. The number of anilines is 1. The first-order valence-corrected chi connectivity index (χ1v) is 11.0. The van der Waals surface area contributed by atoms with Crippen LogP contribution >= 0.6 is 0 Å². The van der Waals surface area contributed by atoms with E-state index in [4.69, 9.17) is 4.99 Å². The topological polar surface area (TPSA) is 44.7 Å². The van der Waals surface area contributed by atoms with Crippen LogP contribution in [-0.2, 0) is 18.3 Å². The monoisotopic (exact) mass is 399 g/mol. The second-order valence-corrected chi connectivity index (χ2v) is 9.15. The molecule has 0 bridgehead atoms. The van der Waals surface area contributed by atoms with E-state index < -0.39 is 0 Å². The molecule has 0 radical (unpaired) electrons. The van der Waals surface area contributed by atoms with Gasteiger partial charge in [0.25, 0.3) is 5.91 Å². The number of amides is 1. The standard InChI is InChI=1S/C26H29N3O/c1-26(2)21-16-20(25(30)27-3)9-10-22(21)28-23(26)11-8-17-14-18-6-4-12-29-13-5-7-19(15-17)24(18)29/h8-11,14-16H,4-7,12-13H2,1-3H3,(H,27,30). The van der Waals surface area contributed by atoms with Crippen molar-refractivity contribution in [1.82, 2.24) is 5.32 Å². The summed E-state index contributed by atoms with van der Waals surface area (Å²) in [4.78, 5) is 19.5. The highest BCUT2D eigenvalue weighted by Gasteiger charge is 2.34. The van der Waals surface area contributed by atoms with E-state index in [9.17, 15) is 4.79 Å². The first-order valence-electron chi connectivity index (χ1n) is 11.0. The maximum Gasteiger partial charge on any atom is 0.251 e. The van der Waals surface area contributed by atoms with E-state index in [-0.39, 0.29) is 11.3 Å². The fraction of sp³-hybridized carbons (Fsp3) is 0.385. The summed E-state index contributed by atoms with van der Waals surface area (Å²) in [6, 6.07) is 10.5. The van der Waals surface area contributed by atoms with Crippen molar-refractivity contribution in [3.8, 4) is 0 Å². The van der Waals surface area contributed by atoms with E-state index in [1.807, 2.05) is 18.2 Å². The number of fused-ring (bicyclic) bond motifs is 1. The summed E-state index contributed by atoms with van der Waals surface area (Å²) in [5.41, 5.74) is 9.36. The molecule has 0 atom stereocenters. The third-order valence-corrected chi connectivity index (χ3v) is 6.83. The number of nitrogens with one attached hydrogen (secondary N) is 1. The number of carbonyl (C=O) groups excluding carboxylic acids is 1. The highest BCUT2D eigenvalue weighted by Crippen LogP contribution is 2.41. The van der Waals surface area contributed by atoms with Gasteiger partial charge in [0.05, 0.1) is 11.4 Å². The lowest BCUT2D eigenvalue weighted by Crippen LogP contribution is -2.34. The number of aryl methyl sites for hydroxylation is 2. The van der Waals surface area contributed by atoms with Crippen LogP contribution in [0.15, 0.2) is 41.4 Å². The van der Waals surface area contributed by atoms with Crippen LogP contribution in [0.2, 0.25) is 0 Å². The Bertz CT molecular complexity index is 1060. The molecule has 3 aliphatic rings. The molecule has 1 N–H and O–H groups in total. The molecule has 4 nitrogen and oxygen atoms in total. The van der Waals surface area contributed by atoms with Crippen molar-refractivity contribution in [3.05, 3.63) is 64.2 Å². The van der Waals surface area contributed by atoms with Crippen LogP contribution in [0.5, 0.6) is 0 Å². The average molecular weight is 400 g/mol. The van der Waals surface area contributed by atoms with E-state index in [1.165, 1.54) is 61.2 Å². The normalized spacial score (nSPS) is 18.8. The summed E-state index contributed by atoms with van der Waals surface area (Å²) in [6.45, 7) is 6.78. The quantitative estimate of drug-likeness (QED) is 0.804. The molecule has 0 saturated carbocycles. The number of benzene rings is 2. The van der Waals surface area contributed by atoms with E-state index in [1.54, 1.807) is 7.05 Å². The van der Waals surface area contributed by atoms with Gasteiger partial charge in [-0.15, -0.1) is 0 Å². The maximum absolute atomic E-state index is 12.1. The number of nitrogens with zero attached hydrogens (tertiary/aromatic N) is 2. The van der Waals surface area contributed by atoms with Gasteiger partial charge in [-0.1, -0.05) is 19.9 Å². The highest BCUT2D eigenvalue weighted by atomic mass is 16.1. The van der Waals surface area contributed by atoms with Crippen molar-refractivity contribution < 1.29 is 4.79 Å². The Balaban J connectivity index is 1.46. The number of hydrogen-bond acceptors (Lipinski definition) is 3. The van der Waals surface area contributed by atoms with Crippen LogP contribution in [0.1, 0.15) is 59.3 Å². The maximum atomic E-state index is 12.1. The SMILES string of the molecule is CNC(=O)c1ccc2c(c1)C(C)(C)C(C=Cc1cc3c4c(c1)CCCN4CCC3)=N2. The van der Waals surface area contributed by atoms with Gasteiger partial charge in [0.2, 0.25) is 0 Å². The van der Waals surface area contributed by atoms with E-state index in [0.29, 0.717) is 5.56 Å². The van der Waals surface area contributed by atoms with Crippen LogP contribution in [0.3, 0.4) is 0 Å². The van der Waals surface area contributed by atoms with Crippen LogP contribution in [0.4, 0.5) is 11.4 Å². The molecule has 3 heterocycles. The largest absolute Gasteiger partial charge is 0.371 e. The summed E-state index contributed by atoms with van der Waals surface area (Å²) >= 11 is 0. The zero-order valence-corrected chi connectivity index (χ0v) is 18.1. The minimum atomic E-state index is -0.227. The first kappa shape index (κ1) is 19.1. The fourth-order valence-corrected chi connectivity index (χ4v) is 5.17. The zero-order valence-electron chi connectivity index (χ0n) is 18.1. The molecule has 5 rings (SSSR count). The first-order chi connectivity index (χ1) is 14.5. The Morgan fingerprint density at radius 2 is 1.77 bits per heavy atom. The van der Waals surface area contributed by atoms with Crippen molar-refractivity contribution in [2.45, 2.75) is 44.9 Å². The molecule has 0 unspecified atom stereocenters. The van der Waals surface area contributed by atoms with Gasteiger partial charge in [0, 0.05) is 36.8 Å². The van der Waals surface area contributed by atoms with Crippen molar-refractivity contribution >= 4 is 29.1 Å². The molecule has 2 aromatic rings. The summed E-state index contributed by atoms with van der Waals surface area (Å²) in [6.07, 6.45) is 9.25. The number of carbonyl (C=O) groups is 1. The smallest absolute Gasteiger partial charge is 0.251 e. The Labute approximate surface area is 178 Å². The zero-order chi connectivity index (χ0) is 20.9. The molecule has 30 heavy (non-hydrogen) atoms. The van der Waals surface area contributed by atoms with Gasteiger partial charge >= 0.3 is 0 Å². The van der Waals surface area contributed by atoms with Crippen molar-refractivity contribution in [3.63, 3.8) is 0 Å². The molecule has 4 heteroatoms. The van der Waals surface area contributed by atoms with Gasteiger partial charge in [-0.3, -0.25) is 9.79 Å². The second-order valence-electron chi connectivity index (χ2n) is 9.15. The Morgan fingerprint density at radius 3 is 2.43 bits per heavy atom. The molecule has 0 saturated heterocycles. The average Bonchev–Trinajstić information content (AvgIpc) is 3.01. The minimum absolute atomic E-state index is 0.0605. The Hall–Kier alpha value is -2.88. The predicted molar refractivity (Wildman–Crippen MR) is 124 cm³/mol. The molecule has 0 spiro atoms. The fourth-order valence-electron chi connectivity index (χ4n) is 5.17. The minimum Gasteiger partial charge on any atom is -0.371 e. The summed E-state index contributed by atoms with van der Waals surface area (Å²) in [7, 11) is 1.66. The number of allylic oxidation sites excluding steroid dienone is 1. The summed E-state index contributed by atoms with van der Waals surface area (Å²) in [5.74, 6) is -0.0605. The lowest BCUT2D eigenvalue weighted by molar-refractivity contribution is 0.0963. The molecule has 2 aromatic carbocycles. The predicted octanol–water partition coefficient (Wildman–Crippen LogP) is 4.82. The van der Waals surface area contributed by atoms with E-state index in [2.05, 4.69) is 48.3 Å². The van der Waals surface area contributed by atoms with Crippen LogP contribution in [-0.4, -0.2) is 31.8 Å². The van der Waals surface area contributed by atoms with Gasteiger partial charge in [-0.2, -0.15) is 0 Å². The number of aliphatic imine (C=N–C) groups is 1. The lowest BCUT2D eigenvalue weighted by Gasteiger charge is -2.37. The summed E-state index contributed by atoms with van der Waals surface area (Å²) in [5, 5.41) is 2.71. The van der Waals surface area contributed by atoms with Gasteiger partial charge in [0.1, 0.15) is 0 Å². The van der Waals surface area contributed by atoms with Gasteiger partial charge in [-0.05, 0) is 84.3 Å². The Kier molecular flexibility index (Phi) is 4.53. The van der Waals surface area contributed by atoms with Crippen molar-refractivity contribution in [2.75, 3.05) is 25.0 Å². The van der Waals surface area contributed by atoms with Crippen molar-refractivity contribution in [1.29, 1.82) is 0 Å². The van der Waals surface area contributed by atoms with Crippen LogP contribution < -0.4 is 10.2 Å². The van der Waals surface area contributed by atoms with Gasteiger partial charge < -0.3 is 10.2 Å². The van der Waals surface area contributed by atoms with Crippen LogP contribution in [0.25, 0.3) is 6.08 Å². The van der Waals surface area contributed by atoms with Gasteiger partial charge in [0.15, 0.2) is 0 Å². The number of rotatable bonds is 3. The van der Waals surface area contributed by atoms with Gasteiger partial charge in [-0.25, -0.2) is 0 Å². The van der Waals surface area contributed by atoms with Crippen LogP contribution in [0, 0.1) is 0 Å². The van der Waals surface area contributed by atoms with Crippen molar-refractivity contribution in [2.24, 2.45) is 4.99 Å². The molecule has 3 aliphatic heterocycles. The summed E-state index contributed by atoms with van der Waals surface area (Å²) < 4.78 is 0. The molecule has 0 fully saturated rings. The number of hydrogen-bond donors (Lipinski definition) is 1. The Morgan fingerprint density at radius 1 is 1.07 bits per heavy atom. The highest BCUT2D eigenvalue weighted by molar-refractivity contribution is 6.11. The third-order valence-electron chi connectivity index (χ3n) is 6.83. The molecular weight excluding hydrogens is 370 g/mol. The molecule has 0 aliphatic carbocycles. The third kappa shape index (κ3) is 3.06. The molecule has 154 valence electrons. The lowest BCUT2D eigenvalue weighted by atomic mass is 9.80. The molecule has 0 aromatic heterocycles.